The summed E-state index contributed by atoms with van der Waals surface area (Å²) in [7, 11) is 2.14. The first-order chi connectivity index (χ1) is 28.2. The molecule has 1 unspecified atom stereocenters. The largest absolute Gasteiger partial charge is 0.349 e. The lowest BCUT2D eigenvalue weighted by Crippen LogP contribution is -2.27. The summed E-state index contributed by atoms with van der Waals surface area (Å²) in [5.41, 5.74) is 14.9. The molecule has 8 aromatic carbocycles. The minimum absolute atomic E-state index is 0.153. The van der Waals surface area contributed by atoms with Crippen LogP contribution in [0, 0.1) is 0 Å². The van der Waals surface area contributed by atoms with E-state index in [4.69, 9.17) is 4.99 Å². The van der Waals surface area contributed by atoms with Gasteiger partial charge in [-0.05, 0) is 82.9 Å². The van der Waals surface area contributed by atoms with Crippen LogP contribution in [0.4, 0.5) is 0 Å². The molecule has 4 heteroatoms. The normalized spacial score (nSPS) is 14.4. The van der Waals surface area contributed by atoms with E-state index in [1.54, 1.807) is 0 Å². The first-order valence-corrected chi connectivity index (χ1v) is 19.6. The van der Waals surface area contributed by atoms with Crippen LogP contribution in [0.1, 0.15) is 22.9 Å². The van der Waals surface area contributed by atoms with Gasteiger partial charge < -0.3 is 14.0 Å². The van der Waals surface area contributed by atoms with Gasteiger partial charge in [-0.1, -0.05) is 146 Å². The number of aliphatic imine (C=N–C) groups is 1. The summed E-state index contributed by atoms with van der Waals surface area (Å²) in [6.07, 6.45) is 2.09. The molecule has 3 heterocycles. The van der Waals surface area contributed by atoms with Gasteiger partial charge in [0.2, 0.25) is 0 Å². The van der Waals surface area contributed by atoms with Gasteiger partial charge in [-0.3, -0.25) is 4.99 Å². The van der Waals surface area contributed by atoms with E-state index < -0.39 is 0 Å². The highest BCUT2D eigenvalue weighted by Gasteiger charge is 2.25. The summed E-state index contributed by atoms with van der Waals surface area (Å²) in [4.78, 5) is 7.68. The van der Waals surface area contributed by atoms with Crippen LogP contribution in [-0.4, -0.2) is 26.8 Å². The summed E-state index contributed by atoms with van der Waals surface area (Å²) in [5, 5.41) is 4.96. The molecule has 0 aliphatic carbocycles. The zero-order chi connectivity index (χ0) is 37.9. The molecule has 0 N–H and O–H groups in total. The maximum atomic E-state index is 5.40. The molecule has 57 heavy (non-hydrogen) atoms. The molecule has 0 saturated carbocycles. The van der Waals surface area contributed by atoms with Gasteiger partial charge in [0.25, 0.3) is 0 Å². The molecule has 0 radical (unpaired) electrons. The molecular formula is C53H38N4. The predicted molar refractivity (Wildman–Crippen MR) is 238 cm³/mol. The number of fused-ring (bicyclic) bond motifs is 6. The van der Waals surface area contributed by atoms with Gasteiger partial charge >= 0.3 is 0 Å². The van der Waals surface area contributed by atoms with Gasteiger partial charge in [0, 0.05) is 51.2 Å². The van der Waals surface area contributed by atoms with Crippen molar-refractivity contribution >= 4 is 55.0 Å². The number of hydrogen-bond acceptors (Lipinski definition) is 2. The van der Waals surface area contributed by atoms with E-state index in [-0.39, 0.29) is 6.17 Å². The monoisotopic (exact) mass is 730 g/mol. The molecule has 1 atom stereocenters. The number of rotatable bonds is 6. The Bertz CT molecular complexity index is 3190. The molecular weight excluding hydrogens is 693 g/mol. The topological polar surface area (TPSA) is 25.5 Å². The Labute approximate surface area is 331 Å². The Morgan fingerprint density at radius 2 is 0.930 bits per heavy atom. The van der Waals surface area contributed by atoms with Crippen molar-refractivity contribution in [2.45, 2.75) is 6.17 Å². The lowest BCUT2D eigenvalue weighted by Gasteiger charge is -2.34. The number of aromatic nitrogens is 2. The summed E-state index contributed by atoms with van der Waals surface area (Å²) >= 11 is 0. The van der Waals surface area contributed by atoms with Crippen molar-refractivity contribution in [1.29, 1.82) is 0 Å². The van der Waals surface area contributed by atoms with E-state index in [1.165, 1.54) is 60.3 Å². The smallest absolute Gasteiger partial charge is 0.147 e. The summed E-state index contributed by atoms with van der Waals surface area (Å²) in [5.74, 6) is 0. The minimum Gasteiger partial charge on any atom is -0.349 e. The van der Waals surface area contributed by atoms with Crippen molar-refractivity contribution in [2.24, 2.45) is 4.99 Å². The summed E-state index contributed by atoms with van der Waals surface area (Å²) in [6, 6.07) is 72.1. The van der Waals surface area contributed by atoms with Crippen LogP contribution in [-0.2, 0) is 0 Å². The quantitative estimate of drug-likeness (QED) is 0.167. The SMILES string of the molecule is CN1C(c2ccccc2)=CC(c2cccc(-n3c4ccccc4c4ccc(-c5ccc6c(c5)c5ccccc5n6-c5ccccc5)cc43)c2)=NC1c1ccccc1. The highest BCUT2D eigenvalue weighted by atomic mass is 15.2. The lowest BCUT2D eigenvalue weighted by atomic mass is 10.00. The van der Waals surface area contributed by atoms with Crippen molar-refractivity contribution in [1.82, 2.24) is 14.0 Å². The van der Waals surface area contributed by atoms with Crippen molar-refractivity contribution < 1.29 is 0 Å². The Morgan fingerprint density at radius 3 is 1.68 bits per heavy atom. The van der Waals surface area contributed by atoms with Crippen LogP contribution >= 0.6 is 0 Å². The molecule has 0 amide bonds. The number of allylic oxidation sites excluding steroid dienone is 1. The molecule has 0 spiro atoms. The molecule has 270 valence electrons. The minimum atomic E-state index is -0.153. The Hall–Kier alpha value is -7.43. The zero-order valence-corrected chi connectivity index (χ0v) is 31.5. The number of para-hydroxylation sites is 3. The summed E-state index contributed by atoms with van der Waals surface area (Å²) in [6.45, 7) is 0. The maximum absolute atomic E-state index is 5.40. The van der Waals surface area contributed by atoms with E-state index >= 15 is 0 Å². The average Bonchev–Trinajstić information content (AvgIpc) is 3.79. The Balaban J connectivity index is 1.06. The standard InChI is InChI=1S/C53H38N4/c1-55-51(36-16-5-2-6-17-36)35-47(54-53(55)37-18-7-3-8-19-37)40-20-15-23-42(32-40)57-48-26-13-11-24-43(48)45-30-28-39(34-52(45)57)38-29-31-50-46(33-38)44-25-12-14-27-49(44)56(50)41-21-9-4-10-22-41/h2-35,53H,1H3. The van der Waals surface area contributed by atoms with E-state index in [2.05, 4.69) is 227 Å². The number of nitrogens with zero attached hydrogens (tertiary/aromatic N) is 4. The molecule has 1 aliphatic rings. The summed E-state index contributed by atoms with van der Waals surface area (Å²) < 4.78 is 4.79. The second-order valence-electron chi connectivity index (χ2n) is 14.9. The van der Waals surface area contributed by atoms with Crippen LogP contribution < -0.4 is 0 Å². The van der Waals surface area contributed by atoms with Crippen molar-refractivity contribution in [3.05, 3.63) is 223 Å². The third-order valence-corrected chi connectivity index (χ3v) is 11.5. The Kier molecular flexibility index (Phi) is 7.75. The first-order valence-electron chi connectivity index (χ1n) is 19.6. The van der Waals surface area contributed by atoms with E-state index in [0.29, 0.717) is 0 Å². The second kappa shape index (κ2) is 13.4. The van der Waals surface area contributed by atoms with E-state index in [9.17, 15) is 0 Å². The third kappa shape index (κ3) is 5.49. The van der Waals surface area contributed by atoms with Crippen LogP contribution in [0.5, 0.6) is 0 Å². The fourth-order valence-electron chi connectivity index (χ4n) is 8.84. The maximum Gasteiger partial charge on any atom is 0.147 e. The lowest BCUT2D eigenvalue weighted by molar-refractivity contribution is 0.364. The first kappa shape index (κ1) is 33.0. The predicted octanol–water partition coefficient (Wildman–Crippen LogP) is 13.0. The molecule has 10 aromatic rings. The van der Waals surface area contributed by atoms with Crippen molar-refractivity contribution in [2.75, 3.05) is 7.05 Å². The third-order valence-electron chi connectivity index (χ3n) is 11.5. The molecule has 11 rings (SSSR count). The van der Waals surface area contributed by atoms with Crippen LogP contribution in [0.3, 0.4) is 0 Å². The fraction of sp³-hybridized carbons (Fsp3) is 0.0377. The number of hydrogen-bond donors (Lipinski definition) is 0. The zero-order valence-electron chi connectivity index (χ0n) is 31.5. The molecule has 4 nitrogen and oxygen atoms in total. The van der Waals surface area contributed by atoms with Crippen molar-refractivity contribution in [3.63, 3.8) is 0 Å². The highest BCUT2D eigenvalue weighted by Crippen LogP contribution is 2.39. The molecule has 0 fully saturated rings. The van der Waals surface area contributed by atoms with Crippen LogP contribution in [0.15, 0.2) is 211 Å². The molecule has 0 bridgehead atoms. The van der Waals surface area contributed by atoms with Gasteiger partial charge in [-0.25, -0.2) is 0 Å². The fourth-order valence-corrected chi connectivity index (χ4v) is 8.84. The van der Waals surface area contributed by atoms with Gasteiger partial charge in [0.05, 0.1) is 27.8 Å². The molecule has 2 aromatic heterocycles. The highest BCUT2D eigenvalue weighted by molar-refractivity contribution is 6.15. The van der Waals surface area contributed by atoms with Gasteiger partial charge in [-0.15, -0.1) is 0 Å². The Morgan fingerprint density at radius 1 is 0.386 bits per heavy atom. The van der Waals surface area contributed by atoms with Gasteiger partial charge in [0.15, 0.2) is 0 Å². The van der Waals surface area contributed by atoms with Crippen LogP contribution in [0.25, 0.3) is 71.8 Å². The second-order valence-corrected chi connectivity index (χ2v) is 14.9. The van der Waals surface area contributed by atoms with Crippen molar-refractivity contribution in [3.8, 4) is 22.5 Å². The van der Waals surface area contributed by atoms with Gasteiger partial charge in [-0.2, -0.15) is 0 Å². The van der Waals surface area contributed by atoms with Gasteiger partial charge in [0.1, 0.15) is 6.17 Å². The molecule has 1 aliphatic heterocycles. The van der Waals surface area contributed by atoms with E-state index in [0.717, 1.165) is 33.9 Å². The van der Waals surface area contributed by atoms with E-state index in [1.807, 2.05) is 0 Å². The molecule has 0 saturated heterocycles. The van der Waals surface area contributed by atoms with Crippen LogP contribution in [0.2, 0.25) is 0 Å². The number of benzene rings is 8. The average molecular weight is 731 g/mol.